The summed E-state index contributed by atoms with van der Waals surface area (Å²) in [6.07, 6.45) is 3.64. The molecule has 0 amide bonds. The van der Waals surface area contributed by atoms with Gasteiger partial charge in [-0.1, -0.05) is 0 Å². The summed E-state index contributed by atoms with van der Waals surface area (Å²) >= 11 is 0. The maximum Gasteiger partial charge on any atom is 0.280 e. The van der Waals surface area contributed by atoms with E-state index in [1.807, 2.05) is 0 Å². The lowest BCUT2D eigenvalue weighted by molar-refractivity contribution is -0.395. The molecule has 0 fully saturated rings. The SMILES string of the molecule is Cc1c([N+](=O)[O-])cc(S(=O)(=O)Nc2cc(-n3cncn3)ncn2)cc1[N+](=O)[O-]. The van der Waals surface area contributed by atoms with Gasteiger partial charge in [0.2, 0.25) is 0 Å². The van der Waals surface area contributed by atoms with Gasteiger partial charge in [-0.15, -0.1) is 0 Å². The molecule has 14 nitrogen and oxygen atoms in total. The molecule has 0 saturated heterocycles. The number of rotatable bonds is 6. The largest absolute Gasteiger partial charge is 0.280 e. The van der Waals surface area contributed by atoms with Gasteiger partial charge >= 0.3 is 0 Å². The molecule has 15 heteroatoms. The van der Waals surface area contributed by atoms with E-state index in [0.29, 0.717) is 0 Å². The van der Waals surface area contributed by atoms with Crippen molar-refractivity contribution in [3.05, 3.63) is 63.0 Å². The minimum absolute atomic E-state index is 0.175. The summed E-state index contributed by atoms with van der Waals surface area (Å²) in [6, 6.07) is 2.72. The number of anilines is 1. The van der Waals surface area contributed by atoms with Crippen LogP contribution in [-0.4, -0.2) is 43.0 Å². The Morgan fingerprint density at radius 2 is 1.68 bits per heavy atom. The van der Waals surface area contributed by atoms with Gasteiger partial charge in [0.05, 0.1) is 9.85 Å². The zero-order valence-corrected chi connectivity index (χ0v) is 14.8. The van der Waals surface area contributed by atoms with Gasteiger partial charge < -0.3 is 0 Å². The molecule has 3 rings (SSSR count). The third-order valence-corrected chi connectivity index (χ3v) is 4.91. The molecule has 0 aliphatic heterocycles. The molecule has 0 saturated carbocycles. The molecule has 2 heterocycles. The number of nitro groups is 2. The van der Waals surface area contributed by atoms with E-state index in [1.54, 1.807) is 0 Å². The first-order chi connectivity index (χ1) is 13.2. The summed E-state index contributed by atoms with van der Waals surface area (Å²) in [7, 11) is -4.42. The van der Waals surface area contributed by atoms with Gasteiger partial charge in [0, 0.05) is 18.2 Å². The molecule has 0 unspecified atom stereocenters. The molecule has 3 aromatic rings. The van der Waals surface area contributed by atoms with Crippen LogP contribution in [0.1, 0.15) is 5.56 Å². The van der Waals surface area contributed by atoms with E-state index < -0.39 is 36.1 Å². The molecular weight excluding hydrogens is 396 g/mol. The predicted octanol–water partition coefficient (Wildman–Crippen LogP) is 0.983. The fraction of sp³-hybridized carbons (Fsp3) is 0.0769. The Balaban J connectivity index is 2.03. The summed E-state index contributed by atoms with van der Waals surface area (Å²) in [4.78, 5) is 31.2. The second kappa shape index (κ2) is 6.95. The van der Waals surface area contributed by atoms with E-state index in [9.17, 15) is 28.6 Å². The first-order valence-electron chi connectivity index (χ1n) is 7.32. The van der Waals surface area contributed by atoms with Gasteiger partial charge in [0.15, 0.2) is 5.82 Å². The van der Waals surface area contributed by atoms with Crippen molar-refractivity contribution in [3.63, 3.8) is 0 Å². The van der Waals surface area contributed by atoms with Crippen molar-refractivity contribution < 1.29 is 18.3 Å². The molecule has 0 aliphatic carbocycles. The minimum atomic E-state index is -4.42. The van der Waals surface area contributed by atoms with Crippen LogP contribution in [0.2, 0.25) is 0 Å². The van der Waals surface area contributed by atoms with Crippen molar-refractivity contribution >= 4 is 27.2 Å². The minimum Gasteiger partial charge on any atom is -0.263 e. The van der Waals surface area contributed by atoms with Crippen LogP contribution in [0.25, 0.3) is 5.82 Å². The monoisotopic (exact) mass is 406 g/mol. The molecule has 0 atom stereocenters. The average Bonchev–Trinajstić information content (AvgIpc) is 3.15. The summed E-state index contributed by atoms with van der Waals surface area (Å²) < 4.78 is 28.6. The van der Waals surface area contributed by atoms with E-state index in [0.717, 1.165) is 25.4 Å². The van der Waals surface area contributed by atoms with Crippen LogP contribution >= 0.6 is 0 Å². The third kappa shape index (κ3) is 3.58. The second-order valence-corrected chi connectivity index (χ2v) is 6.99. The van der Waals surface area contributed by atoms with E-state index in [1.165, 1.54) is 23.4 Å². The van der Waals surface area contributed by atoms with E-state index in [2.05, 4.69) is 24.8 Å². The van der Waals surface area contributed by atoms with Crippen LogP contribution < -0.4 is 4.72 Å². The number of nitrogens with one attached hydrogen (secondary N) is 1. The Morgan fingerprint density at radius 1 is 1.04 bits per heavy atom. The van der Waals surface area contributed by atoms with Crippen molar-refractivity contribution in [1.82, 2.24) is 24.7 Å². The lowest BCUT2D eigenvalue weighted by atomic mass is 10.1. The predicted molar refractivity (Wildman–Crippen MR) is 92.2 cm³/mol. The van der Waals surface area contributed by atoms with Crippen LogP contribution in [0, 0.1) is 27.2 Å². The highest BCUT2D eigenvalue weighted by Crippen LogP contribution is 2.31. The van der Waals surface area contributed by atoms with Crippen molar-refractivity contribution in [2.45, 2.75) is 11.8 Å². The Morgan fingerprint density at radius 3 is 2.21 bits per heavy atom. The number of benzene rings is 1. The molecule has 0 aliphatic rings. The van der Waals surface area contributed by atoms with Gasteiger partial charge in [0.25, 0.3) is 21.4 Å². The fourth-order valence-corrected chi connectivity index (χ4v) is 3.28. The van der Waals surface area contributed by atoms with Gasteiger partial charge in [-0.25, -0.2) is 28.1 Å². The normalized spacial score (nSPS) is 11.2. The number of sulfonamides is 1. The highest BCUT2D eigenvalue weighted by molar-refractivity contribution is 7.92. The lowest BCUT2D eigenvalue weighted by Crippen LogP contribution is -2.15. The summed E-state index contributed by atoms with van der Waals surface area (Å²) in [5, 5.41) is 26.1. The molecule has 144 valence electrons. The average molecular weight is 406 g/mol. The standard InChI is InChI=1S/C13H10N8O6S/c1-8-10(20(22)23)2-9(3-11(8)21(24)25)28(26,27)18-12-4-13(16-6-15-12)19-7-14-5-17-19/h2-7H,1H3,(H,15,16,18). The zero-order chi connectivity index (χ0) is 20.5. The van der Waals surface area contributed by atoms with Crippen molar-refractivity contribution in [1.29, 1.82) is 0 Å². The number of nitro benzene ring substituents is 2. The van der Waals surface area contributed by atoms with Crippen molar-refractivity contribution in [2.24, 2.45) is 0 Å². The first kappa shape index (κ1) is 18.8. The summed E-state index contributed by atoms with van der Waals surface area (Å²) in [6.45, 7) is 1.16. The van der Waals surface area contributed by atoms with Crippen molar-refractivity contribution in [2.75, 3.05) is 4.72 Å². The molecule has 1 aromatic carbocycles. The topological polar surface area (TPSA) is 189 Å². The first-order valence-corrected chi connectivity index (χ1v) is 8.80. The van der Waals surface area contributed by atoms with Crippen LogP contribution in [-0.2, 0) is 10.0 Å². The number of hydrogen-bond acceptors (Lipinski definition) is 10. The molecule has 0 radical (unpaired) electrons. The van der Waals surface area contributed by atoms with Crippen molar-refractivity contribution in [3.8, 4) is 5.82 Å². The fourth-order valence-electron chi connectivity index (χ4n) is 2.24. The smallest absolute Gasteiger partial charge is 0.263 e. The summed E-state index contributed by atoms with van der Waals surface area (Å²) in [5.74, 6) is 0.0254. The molecule has 1 N–H and O–H groups in total. The Bertz CT molecular complexity index is 1140. The van der Waals surface area contributed by atoms with E-state index in [4.69, 9.17) is 0 Å². The highest BCUT2D eigenvalue weighted by atomic mass is 32.2. The van der Waals surface area contributed by atoms with Gasteiger partial charge in [0.1, 0.15) is 35.3 Å². The second-order valence-electron chi connectivity index (χ2n) is 5.31. The molecule has 0 spiro atoms. The Labute approximate surface area is 156 Å². The van der Waals surface area contributed by atoms with Crippen LogP contribution in [0.5, 0.6) is 0 Å². The quantitative estimate of drug-likeness (QED) is 0.456. The van der Waals surface area contributed by atoms with Gasteiger partial charge in [-0.2, -0.15) is 5.10 Å². The third-order valence-electron chi connectivity index (χ3n) is 3.58. The van der Waals surface area contributed by atoms with Crippen LogP contribution in [0.3, 0.4) is 0 Å². The zero-order valence-electron chi connectivity index (χ0n) is 14.0. The number of nitrogens with zero attached hydrogens (tertiary/aromatic N) is 7. The Kier molecular flexibility index (Phi) is 4.66. The molecule has 2 aromatic heterocycles. The van der Waals surface area contributed by atoms with E-state index >= 15 is 0 Å². The number of aromatic nitrogens is 5. The lowest BCUT2D eigenvalue weighted by Gasteiger charge is -2.09. The van der Waals surface area contributed by atoms with E-state index in [-0.39, 0.29) is 17.2 Å². The highest BCUT2D eigenvalue weighted by Gasteiger charge is 2.28. The summed E-state index contributed by atoms with van der Waals surface area (Å²) in [5.41, 5.74) is -1.65. The Hall–Kier alpha value is -4.01. The molecule has 28 heavy (non-hydrogen) atoms. The molecular formula is C13H10N8O6S. The van der Waals surface area contributed by atoms with Gasteiger partial charge in [-0.05, 0) is 6.92 Å². The van der Waals surface area contributed by atoms with Crippen LogP contribution in [0.15, 0.2) is 42.1 Å². The maximum absolute atomic E-state index is 12.6. The number of hydrogen-bond donors (Lipinski definition) is 1. The molecule has 0 bridgehead atoms. The van der Waals surface area contributed by atoms with Gasteiger partial charge in [-0.3, -0.25) is 25.0 Å². The van der Waals surface area contributed by atoms with Crippen LogP contribution in [0.4, 0.5) is 17.2 Å². The maximum atomic E-state index is 12.6.